The van der Waals surface area contributed by atoms with Crippen molar-refractivity contribution in [1.82, 2.24) is 10.2 Å². The van der Waals surface area contributed by atoms with Crippen molar-refractivity contribution in [1.29, 1.82) is 0 Å². The first kappa shape index (κ1) is 31.6. The minimum atomic E-state index is -4.18. The van der Waals surface area contributed by atoms with Gasteiger partial charge in [-0.2, -0.15) is 0 Å². The van der Waals surface area contributed by atoms with Crippen LogP contribution in [0, 0.1) is 12.7 Å². The van der Waals surface area contributed by atoms with Gasteiger partial charge in [-0.1, -0.05) is 36.8 Å². The van der Waals surface area contributed by atoms with E-state index in [4.69, 9.17) is 4.74 Å². The van der Waals surface area contributed by atoms with Gasteiger partial charge in [0.1, 0.15) is 24.2 Å². The molecule has 0 aromatic heterocycles. The van der Waals surface area contributed by atoms with Crippen molar-refractivity contribution in [2.75, 3.05) is 18.0 Å². The Morgan fingerprint density at radius 1 is 0.951 bits per heavy atom. The third-order valence-electron chi connectivity index (χ3n) is 6.40. The molecule has 3 rings (SSSR count). The van der Waals surface area contributed by atoms with E-state index in [0.717, 1.165) is 9.87 Å². The quantitative estimate of drug-likeness (QED) is 0.341. The first-order valence-electron chi connectivity index (χ1n) is 13.3. The number of nitrogens with one attached hydrogen (secondary N) is 1. The standard InChI is InChI=1S/C31H38FN3O5S/c1-7-28(30(37)33-31(3,4)5)34(20-23-10-12-24(32)13-11-23)29(36)21-35(25-14-16-26(40-6)17-15-25)41(38,39)27-18-8-22(2)9-19-27/h8-19,28H,7,20-21H2,1-6H3,(H,33,37)/t28-/m0/s1. The van der Waals surface area contributed by atoms with E-state index in [2.05, 4.69) is 5.32 Å². The molecule has 0 aliphatic rings. The number of methoxy groups -OCH3 is 1. The SMILES string of the molecule is CC[C@@H](C(=O)NC(C)(C)C)N(Cc1ccc(F)cc1)C(=O)CN(c1ccc(OC)cc1)S(=O)(=O)c1ccc(C)cc1. The van der Waals surface area contributed by atoms with Gasteiger partial charge in [0.15, 0.2) is 0 Å². The smallest absolute Gasteiger partial charge is 0.264 e. The number of hydrogen-bond donors (Lipinski definition) is 1. The number of carbonyl (C=O) groups excluding carboxylic acids is 2. The first-order chi connectivity index (χ1) is 19.2. The van der Waals surface area contributed by atoms with E-state index < -0.39 is 39.9 Å². The Labute approximate surface area is 242 Å². The van der Waals surface area contributed by atoms with Crippen LogP contribution in [0.3, 0.4) is 0 Å². The van der Waals surface area contributed by atoms with Crippen molar-refractivity contribution in [2.45, 2.75) is 64.1 Å². The van der Waals surface area contributed by atoms with E-state index in [9.17, 15) is 22.4 Å². The Hall–Kier alpha value is -3.92. The van der Waals surface area contributed by atoms with Crippen LogP contribution in [0.5, 0.6) is 5.75 Å². The Morgan fingerprint density at radius 2 is 1.54 bits per heavy atom. The van der Waals surface area contributed by atoms with Crippen LogP contribution < -0.4 is 14.4 Å². The summed E-state index contributed by atoms with van der Waals surface area (Å²) in [6, 6.07) is 17.4. The number of hydrogen-bond acceptors (Lipinski definition) is 5. The summed E-state index contributed by atoms with van der Waals surface area (Å²) in [6.07, 6.45) is 0.280. The molecule has 0 fully saturated rings. The number of carbonyl (C=O) groups is 2. The van der Waals surface area contributed by atoms with Crippen LogP contribution in [-0.4, -0.2) is 50.4 Å². The van der Waals surface area contributed by atoms with Gasteiger partial charge in [0, 0.05) is 12.1 Å². The summed E-state index contributed by atoms with van der Waals surface area (Å²) in [7, 11) is -2.68. The summed E-state index contributed by atoms with van der Waals surface area (Å²) < 4.78 is 47.7. The van der Waals surface area contributed by atoms with Crippen molar-refractivity contribution < 1.29 is 27.1 Å². The van der Waals surface area contributed by atoms with Crippen LogP contribution in [0.2, 0.25) is 0 Å². The molecule has 0 aliphatic carbocycles. The zero-order valence-electron chi connectivity index (χ0n) is 24.3. The van der Waals surface area contributed by atoms with Gasteiger partial charge >= 0.3 is 0 Å². The van der Waals surface area contributed by atoms with Gasteiger partial charge in [0.25, 0.3) is 10.0 Å². The monoisotopic (exact) mass is 583 g/mol. The average Bonchev–Trinajstić information content (AvgIpc) is 2.92. The van der Waals surface area contributed by atoms with Crippen LogP contribution in [0.25, 0.3) is 0 Å². The number of benzene rings is 3. The van der Waals surface area contributed by atoms with Crippen LogP contribution in [0.4, 0.5) is 10.1 Å². The molecule has 0 radical (unpaired) electrons. The van der Waals surface area contributed by atoms with Crippen LogP contribution in [-0.2, 0) is 26.2 Å². The number of amides is 2. The first-order valence-corrected chi connectivity index (χ1v) is 14.8. The lowest BCUT2D eigenvalue weighted by atomic mass is 10.1. The maximum atomic E-state index is 14.1. The molecule has 1 atom stereocenters. The Kier molecular flexibility index (Phi) is 10.1. The molecule has 2 amide bonds. The molecule has 1 N–H and O–H groups in total. The van der Waals surface area contributed by atoms with E-state index in [-0.39, 0.29) is 29.5 Å². The number of ether oxygens (including phenoxy) is 1. The van der Waals surface area contributed by atoms with Crippen molar-refractivity contribution >= 4 is 27.5 Å². The van der Waals surface area contributed by atoms with Gasteiger partial charge in [-0.3, -0.25) is 13.9 Å². The zero-order chi connectivity index (χ0) is 30.4. The Bertz CT molecular complexity index is 1440. The molecule has 0 spiro atoms. The highest BCUT2D eigenvalue weighted by Crippen LogP contribution is 2.27. The maximum Gasteiger partial charge on any atom is 0.264 e. The van der Waals surface area contributed by atoms with E-state index in [1.54, 1.807) is 43.3 Å². The van der Waals surface area contributed by atoms with Crippen LogP contribution in [0.15, 0.2) is 77.7 Å². The van der Waals surface area contributed by atoms with E-state index in [1.807, 2.05) is 27.7 Å². The summed E-state index contributed by atoms with van der Waals surface area (Å²) in [4.78, 5) is 28.8. The third-order valence-corrected chi connectivity index (χ3v) is 8.19. The molecule has 8 nitrogen and oxygen atoms in total. The third kappa shape index (κ3) is 8.29. The van der Waals surface area contributed by atoms with E-state index in [1.165, 1.54) is 48.4 Å². The molecule has 0 saturated carbocycles. The Morgan fingerprint density at radius 3 is 2.05 bits per heavy atom. The van der Waals surface area contributed by atoms with E-state index >= 15 is 0 Å². The highest BCUT2D eigenvalue weighted by Gasteiger charge is 2.34. The molecule has 0 heterocycles. The summed E-state index contributed by atoms with van der Waals surface area (Å²) in [5, 5.41) is 2.92. The molecule has 220 valence electrons. The predicted octanol–water partition coefficient (Wildman–Crippen LogP) is 5.06. The Balaban J connectivity index is 2.07. The molecule has 3 aromatic carbocycles. The second kappa shape index (κ2) is 13.2. The molecular formula is C31H38FN3O5S. The summed E-state index contributed by atoms with van der Waals surface area (Å²) in [6.45, 7) is 8.55. The van der Waals surface area contributed by atoms with Crippen molar-refractivity contribution in [3.63, 3.8) is 0 Å². The molecule has 0 bridgehead atoms. The minimum Gasteiger partial charge on any atom is -0.497 e. The summed E-state index contributed by atoms with van der Waals surface area (Å²) in [5.41, 5.74) is 1.18. The molecule has 0 aliphatic heterocycles. The number of aryl methyl sites for hydroxylation is 1. The zero-order valence-corrected chi connectivity index (χ0v) is 25.2. The topological polar surface area (TPSA) is 96.0 Å². The number of rotatable bonds is 11. The van der Waals surface area contributed by atoms with Gasteiger partial charge in [-0.25, -0.2) is 12.8 Å². The number of sulfonamides is 1. The van der Waals surface area contributed by atoms with Crippen LogP contribution in [0.1, 0.15) is 45.2 Å². The predicted molar refractivity (Wildman–Crippen MR) is 158 cm³/mol. The lowest BCUT2D eigenvalue weighted by molar-refractivity contribution is -0.141. The fourth-order valence-corrected chi connectivity index (χ4v) is 5.69. The molecule has 3 aromatic rings. The van der Waals surface area contributed by atoms with Crippen molar-refractivity contribution in [3.8, 4) is 5.75 Å². The largest absolute Gasteiger partial charge is 0.497 e. The number of halogens is 1. The molecule has 0 unspecified atom stereocenters. The maximum absolute atomic E-state index is 14.1. The number of anilines is 1. The van der Waals surface area contributed by atoms with Gasteiger partial charge < -0.3 is 15.0 Å². The van der Waals surface area contributed by atoms with Crippen LogP contribution >= 0.6 is 0 Å². The number of nitrogens with zero attached hydrogens (tertiary/aromatic N) is 2. The average molecular weight is 584 g/mol. The molecular weight excluding hydrogens is 545 g/mol. The fraction of sp³-hybridized carbons (Fsp3) is 0.355. The van der Waals surface area contributed by atoms with E-state index in [0.29, 0.717) is 11.3 Å². The highest BCUT2D eigenvalue weighted by molar-refractivity contribution is 7.92. The van der Waals surface area contributed by atoms with Gasteiger partial charge in [-0.15, -0.1) is 0 Å². The summed E-state index contributed by atoms with van der Waals surface area (Å²) >= 11 is 0. The molecule has 41 heavy (non-hydrogen) atoms. The minimum absolute atomic E-state index is 0.0176. The van der Waals surface area contributed by atoms with Gasteiger partial charge in [0.05, 0.1) is 17.7 Å². The summed E-state index contributed by atoms with van der Waals surface area (Å²) in [5.74, 6) is -0.862. The second-order valence-electron chi connectivity index (χ2n) is 10.8. The lowest BCUT2D eigenvalue weighted by Gasteiger charge is -2.34. The fourth-order valence-electron chi connectivity index (χ4n) is 4.27. The second-order valence-corrected chi connectivity index (χ2v) is 12.7. The highest BCUT2D eigenvalue weighted by atomic mass is 32.2. The van der Waals surface area contributed by atoms with Gasteiger partial charge in [0.2, 0.25) is 11.8 Å². The van der Waals surface area contributed by atoms with Gasteiger partial charge in [-0.05, 0) is 88.2 Å². The van der Waals surface area contributed by atoms with Crippen molar-refractivity contribution in [3.05, 3.63) is 89.7 Å². The lowest BCUT2D eigenvalue weighted by Crippen LogP contribution is -2.55. The van der Waals surface area contributed by atoms with Crippen molar-refractivity contribution in [2.24, 2.45) is 0 Å². The molecule has 0 saturated heterocycles. The normalized spacial score (nSPS) is 12.4. The molecule has 10 heteroatoms.